The number of hydrogen-bond donors (Lipinski definition) is 2. The number of amides is 3. The molecule has 150 valence electrons. The number of halogens is 1. The Labute approximate surface area is 182 Å². The lowest BCUT2D eigenvalue weighted by atomic mass is 10.0. The van der Waals surface area contributed by atoms with Crippen LogP contribution in [0.1, 0.15) is 16.8 Å². The van der Waals surface area contributed by atoms with E-state index >= 15 is 0 Å². The fourth-order valence-corrected chi connectivity index (χ4v) is 3.63. The Morgan fingerprint density at radius 1 is 0.933 bits per heavy atom. The molecule has 0 aliphatic carbocycles. The quantitative estimate of drug-likeness (QED) is 0.599. The van der Waals surface area contributed by atoms with Gasteiger partial charge >= 0.3 is 0 Å². The number of carbonyl (C=O) groups is 3. The van der Waals surface area contributed by atoms with Crippen molar-refractivity contribution < 1.29 is 14.4 Å². The molecular formula is C23H18BrN3O3. The molecule has 0 fully saturated rings. The summed E-state index contributed by atoms with van der Waals surface area (Å²) in [5, 5.41) is 5.59. The third-order valence-electron chi connectivity index (χ3n) is 4.78. The van der Waals surface area contributed by atoms with Gasteiger partial charge in [-0.15, -0.1) is 0 Å². The standard InChI is InChI=1S/C23H18BrN3O3/c24-16-10-12-17(13-11-16)25-21(28)14-20-22(29)26-18-8-4-5-9-19(18)27(20)23(30)15-6-2-1-3-7-15/h1-13,20H,14H2,(H,25,28)(H,26,29)/t20-/m0/s1. The maximum atomic E-state index is 13.3. The molecule has 1 heterocycles. The van der Waals surface area contributed by atoms with Crippen molar-refractivity contribution >= 4 is 50.7 Å². The Kier molecular flexibility index (Phi) is 5.63. The first-order chi connectivity index (χ1) is 14.5. The van der Waals surface area contributed by atoms with E-state index < -0.39 is 11.9 Å². The topological polar surface area (TPSA) is 78.5 Å². The largest absolute Gasteiger partial charge is 0.326 e. The van der Waals surface area contributed by atoms with Gasteiger partial charge in [0.15, 0.2) is 0 Å². The monoisotopic (exact) mass is 463 g/mol. The molecule has 3 aromatic carbocycles. The zero-order chi connectivity index (χ0) is 21.1. The summed E-state index contributed by atoms with van der Waals surface area (Å²) in [6.45, 7) is 0. The molecular weight excluding hydrogens is 446 g/mol. The third-order valence-corrected chi connectivity index (χ3v) is 5.31. The van der Waals surface area contributed by atoms with Crippen LogP contribution < -0.4 is 15.5 Å². The van der Waals surface area contributed by atoms with E-state index in [-0.39, 0.29) is 18.2 Å². The van der Waals surface area contributed by atoms with Gasteiger partial charge in [-0.1, -0.05) is 46.3 Å². The van der Waals surface area contributed by atoms with E-state index in [0.29, 0.717) is 22.6 Å². The SMILES string of the molecule is O=C(C[C@H]1C(=O)Nc2ccccc2N1C(=O)c1ccccc1)Nc1ccc(Br)cc1. The molecule has 30 heavy (non-hydrogen) atoms. The van der Waals surface area contributed by atoms with Gasteiger partial charge in [0, 0.05) is 15.7 Å². The van der Waals surface area contributed by atoms with Gasteiger partial charge in [0.25, 0.3) is 5.91 Å². The first-order valence-electron chi connectivity index (χ1n) is 9.37. The molecule has 7 heteroatoms. The Morgan fingerprint density at radius 2 is 1.60 bits per heavy atom. The van der Waals surface area contributed by atoms with E-state index in [9.17, 15) is 14.4 Å². The zero-order valence-electron chi connectivity index (χ0n) is 15.8. The fourth-order valence-electron chi connectivity index (χ4n) is 3.37. The predicted octanol–water partition coefficient (Wildman–Crippen LogP) is 4.45. The van der Waals surface area contributed by atoms with Gasteiger partial charge in [-0.05, 0) is 48.5 Å². The van der Waals surface area contributed by atoms with E-state index in [2.05, 4.69) is 26.6 Å². The van der Waals surface area contributed by atoms with Crippen LogP contribution in [-0.4, -0.2) is 23.8 Å². The van der Waals surface area contributed by atoms with Crippen molar-refractivity contribution in [1.82, 2.24) is 0 Å². The minimum Gasteiger partial charge on any atom is -0.326 e. The van der Waals surface area contributed by atoms with Crippen molar-refractivity contribution in [1.29, 1.82) is 0 Å². The van der Waals surface area contributed by atoms with Crippen LogP contribution in [0.5, 0.6) is 0 Å². The molecule has 0 aromatic heterocycles. The summed E-state index contributed by atoms with van der Waals surface area (Å²) >= 11 is 3.35. The van der Waals surface area contributed by atoms with Crippen LogP contribution in [-0.2, 0) is 9.59 Å². The molecule has 0 bridgehead atoms. The number of nitrogens with zero attached hydrogens (tertiary/aromatic N) is 1. The van der Waals surface area contributed by atoms with Crippen LogP contribution in [0.2, 0.25) is 0 Å². The lowest BCUT2D eigenvalue weighted by Crippen LogP contribution is -2.52. The first-order valence-corrected chi connectivity index (χ1v) is 10.2. The molecule has 1 aliphatic heterocycles. The van der Waals surface area contributed by atoms with E-state index in [1.165, 1.54) is 4.90 Å². The van der Waals surface area contributed by atoms with Crippen molar-refractivity contribution in [2.24, 2.45) is 0 Å². The minimum atomic E-state index is -0.969. The fraction of sp³-hybridized carbons (Fsp3) is 0.0870. The highest BCUT2D eigenvalue weighted by molar-refractivity contribution is 9.10. The van der Waals surface area contributed by atoms with Crippen LogP contribution in [0, 0.1) is 0 Å². The van der Waals surface area contributed by atoms with Gasteiger partial charge in [0.2, 0.25) is 11.8 Å². The second-order valence-electron chi connectivity index (χ2n) is 6.82. The normalized spacial score (nSPS) is 15.2. The summed E-state index contributed by atoms with van der Waals surface area (Å²) < 4.78 is 0.892. The third kappa shape index (κ3) is 4.11. The summed E-state index contributed by atoms with van der Waals surface area (Å²) in [4.78, 5) is 40.2. The molecule has 6 nitrogen and oxygen atoms in total. The Balaban J connectivity index is 1.64. The number of fused-ring (bicyclic) bond motifs is 1. The van der Waals surface area contributed by atoms with Crippen molar-refractivity contribution in [3.63, 3.8) is 0 Å². The molecule has 0 unspecified atom stereocenters. The maximum absolute atomic E-state index is 13.3. The number of carbonyl (C=O) groups excluding carboxylic acids is 3. The average Bonchev–Trinajstić information content (AvgIpc) is 2.76. The molecule has 4 rings (SSSR count). The van der Waals surface area contributed by atoms with Crippen LogP contribution in [0.3, 0.4) is 0 Å². The van der Waals surface area contributed by atoms with Crippen molar-refractivity contribution in [2.45, 2.75) is 12.5 Å². The highest BCUT2D eigenvalue weighted by atomic mass is 79.9. The molecule has 1 atom stereocenters. The highest BCUT2D eigenvalue weighted by Crippen LogP contribution is 2.34. The highest BCUT2D eigenvalue weighted by Gasteiger charge is 2.38. The molecule has 3 aromatic rings. The van der Waals surface area contributed by atoms with Crippen LogP contribution in [0.25, 0.3) is 0 Å². The Morgan fingerprint density at radius 3 is 2.33 bits per heavy atom. The van der Waals surface area contributed by atoms with E-state index in [1.807, 2.05) is 18.2 Å². The molecule has 0 radical (unpaired) electrons. The van der Waals surface area contributed by atoms with Crippen LogP contribution in [0.15, 0.2) is 83.3 Å². The molecule has 2 N–H and O–H groups in total. The van der Waals surface area contributed by atoms with Crippen molar-refractivity contribution in [3.05, 3.63) is 88.9 Å². The summed E-state index contributed by atoms with van der Waals surface area (Å²) in [5.74, 6) is -1.09. The second-order valence-corrected chi connectivity index (χ2v) is 7.74. The number of anilines is 3. The van der Waals surface area contributed by atoms with Gasteiger partial charge in [0.05, 0.1) is 17.8 Å². The molecule has 0 saturated heterocycles. The van der Waals surface area contributed by atoms with Crippen LogP contribution >= 0.6 is 15.9 Å². The van der Waals surface area contributed by atoms with E-state index in [4.69, 9.17) is 0 Å². The smallest absolute Gasteiger partial charge is 0.259 e. The molecule has 0 saturated carbocycles. The van der Waals surface area contributed by atoms with Crippen molar-refractivity contribution in [2.75, 3.05) is 15.5 Å². The van der Waals surface area contributed by atoms with Gasteiger partial charge in [-0.2, -0.15) is 0 Å². The minimum absolute atomic E-state index is 0.172. The van der Waals surface area contributed by atoms with Gasteiger partial charge in [0.1, 0.15) is 6.04 Å². The number of hydrogen-bond acceptors (Lipinski definition) is 3. The Hall–Kier alpha value is -3.45. The van der Waals surface area contributed by atoms with Crippen molar-refractivity contribution in [3.8, 4) is 0 Å². The number of rotatable bonds is 4. The molecule has 3 amide bonds. The lowest BCUT2D eigenvalue weighted by Gasteiger charge is -2.36. The van der Waals surface area contributed by atoms with Crippen LogP contribution in [0.4, 0.5) is 17.1 Å². The summed E-state index contributed by atoms with van der Waals surface area (Å²) in [7, 11) is 0. The van der Waals surface area contributed by atoms with Gasteiger partial charge in [-0.3, -0.25) is 19.3 Å². The zero-order valence-corrected chi connectivity index (χ0v) is 17.4. The van der Waals surface area contributed by atoms with Gasteiger partial charge < -0.3 is 10.6 Å². The first kappa shape index (κ1) is 19.8. The second kappa shape index (κ2) is 8.51. The maximum Gasteiger partial charge on any atom is 0.259 e. The number of para-hydroxylation sites is 2. The summed E-state index contributed by atoms with van der Waals surface area (Å²) in [5.41, 5.74) is 2.16. The van der Waals surface area contributed by atoms with Gasteiger partial charge in [-0.25, -0.2) is 0 Å². The predicted molar refractivity (Wildman–Crippen MR) is 119 cm³/mol. The van der Waals surface area contributed by atoms with E-state index in [1.54, 1.807) is 60.7 Å². The lowest BCUT2D eigenvalue weighted by molar-refractivity contribution is -0.122. The average molecular weight is 464 g/mol. The molecule has 0 spiro atoms. The molecule has 1 aliphatic rings. The summed E-state index contributed by atoms with van der Waals surface area (Å²) in [6, 6.07) is 21.9. The van der Waals surface area contributed by atoms with E-state index in [0.717, 1.165) is 4.47 Å². The summed E-state index contributed by atoms with van der Waals surface area (Å²) in [6.07, 6.45) is -0.172. The number of nitrogens with one attached hydrogen (secondary N) is 2. The Bertz CT molecular complexity index is 1100. The number of benzene rings is 3.